The molecule has 1 aromatic heterocycles. The maximum atomic E-state index is 13.4. The number of fused-ring (bicyclic) bond motifs is 1. The van der Waals surface area contributed by atoms with Crippen molar-refractivity contribution in [2.75, 3.05) is 0 Å². The van der Waals surface area contributed by atoms with Crippen molar-refractivity contribution in [2.45, 2.75) is 38.9 Å². The van der Waals surface area contributed by atoms with Crippen molar-refractivity contribution in [3.63, 3.8) is 0 Å². The molecule has 2 aromatic carbocycles. The molecule has 0 fully saturated rings. The number of carboxylic acids is 1. The largest absolute Gasteiger partial charge is 0.477 e. The summed E-state index contributed by atoms with van der Waals surface area (Å²) in [4.78, 5) is 41.8. The number of carboxylic acid groups (broad SMARTS) is 1. The number of nitrogens with zero attached hydrogens (tertiary/aromatic N) is 1. The average molecular weight is 476 g/mol. The van der Waals surface area contributed by atoms with Crippen LogP contribution in [0.3, 0.4) is 0 Å². The van der Waals surface area contributed by atoms with Crippen LogP contribution in [0.1, 0.15) is 48.4 Å². The number of aromatic nitrogens is 1. The standard InChI is InChI=1S/C23H23Cl2N3O4/c1-23(2,3)27-21(30)20(28(12-29)11-13-4-6-14(24)7-5-13)18-16-9-8-15(25)10-17(16)26-19(18)22(31)32/h4-10,12,20,26H,11H2,1-3H3,(H,27,30)(H,31,32)/t20-/m0/s1. The Morgan fingerprint density at radius 3 is 2.31 bits per heavy atom. The molecule has 0 spiro atoms. The Labute approximate surface area is 195 Å². The van der Waals surface area contributed by atoms with Crippen molar-refractivity contribution in [1.29, 1.82) is 0 Å². The normalized spacial score (nSPS) is 12.4. The molecule has 0 aliphatic carbocycles. The fraction of sp³-hybridized carbons (Fsp3) is 0.261. The van der Waals surface area contributed by atoms with E-state index in [-0.39, 0.29) is 17.8 Å². The van der Waals surface area contributed by atoms with Crippen LogP contribution in [0, 0.1) is 0 Å². The van der Waals surface area contributed by atoms with Gasteiger partial charge in [0, 0.05) is 38.6 Å². The Morgan fingerprint density at radius 1 is 1.12 bits per heavy atom. The van der Waals surface area contributed by atoms with Gasteiger partial charge in [0.05, 0.1) is 0 Å². The van der Waals surface area contributed by atoms with Gasteiger partial charge in [-0.05, 0) is 50.6 Å². The Bertz CT molecular complexity index is 1170. The lowest BCUT2D eigenvalue weighted by Gasteiger charge is -2.31. The molecule has 0 saturated heterocycles. The maximum absolute atomic E-state index is 13.4. The highest BCUT2D eigenvalue weighted by Crippen LogP contribution is 2.34. The van der Waals surface area contributed by atoms with Gasteiger partial charge in [-0.15, -0.1) is 0 Å². The number of carbonyl (C=O) groups is 3. The Hall–Kier alpha value is -3.03. The maximum Gasteiger partial charge on any atom is 0.352 e. The molecule has 7 nitrogen and oxygen atoms in total. The van der Waals surface area contributed by atoms with Gasteiger partial charge in [-0.25, -0.2) is 4.79 Å². The number of nitrogens with one attached hydrogen (secondary N) is 2. The third kappa shape index (κ3) is 5.23. The van der Waals surface area contributed by atoms with Gasteiger partial charge in [0.1, 0.15) is 11.7 Å². The first-order chi connectivity index (χ1) is 15.0. The molecule has 1 atom stereocenters. The lowest BCUT2D eigenvalue weighted by Crippen LogP contribution is -2.47. The van der Waals surface area contributed by atoms with E-state index in [2.05, 4.69) is 10.3 Å². The van der Waals surface area contributed by atoms with Crippen molar-refractivity contribution >= 4 is 52.4 Å². The molecule has 2 amide bonds. The van der Waals surface area contributed by atoms with Crippen molar-refractivity contribution in [2.24, 2.45) is 0 Å². The summed E-state index contributed by atoms with van der Waals surface area (Å²) in [5, 5.41) is 14.2. The third-order valence-electron chi connectivity index (χ3n) is 4.78. The zero-order valence-electron chi connectivity index (χ0n) is 17.8. The summed E-state index contributed by atoms with van der Waals surface area (Å²) >= 11 is 12.0. The molecule has 3 rings (SSSR count). The van der Waals surface area contributed by atoms with Crippen LogP contribution in [-0.4, -0.2) is 38.8 Å². The minimum absolute atomic E-state index is 0.0716. The zero-order chi connectivity index (χ0) is 23.6. The van der Waals surface area contributed by atoms with Gasteiger partial charge in [-0.2, -0.15) is 0 Å². The summed E-state index contributed by atoms with van der Waals surface area (Å²) < 4.78 is 0. The lowest BCUT2D eigenvalue weighted by atomic mass is 9.98. The predicted molar refractivity (Wildman–Crippen MR) is 124 cm³/mol. The fourth-order valence-corrected chi connectivity index (χ4v) is 3.82. The van der Waals surface area contributed by atoms with E-state index in [4.69, 9.17) is 23.2 Å². The zero-order valence-corrected chi connectivity index (χ0v) is 19.3. The Morgan fingerprint density at radius 2 is 1.75 bits per heavy atom. The highest BCUT2D eigenvalue weighted by atomic mass is 35.5. The van der Waals surface area contributed by atoms with Crippen LogP contribution >= 0.6 is 23.2 Å². The van der Waals surface area contributed by atoms with E-state index in [1.165, 1.54) is 4.90 Å². The van der Waals surface area contributed by atoms with Gasteiger partial charge in [0.2, 0.25) is 12.3 Å². The van der Waals surface area contributed by atoms with Crippen molar-refractivity contribution in [3.05, 3.63) is 69.3 Å². The van der Waals surface area contributed by atoms with Crippen LogP contribution in [0.25, 0.3) is 10.9 Å². The van der Waals surface area contributed by atoms with Gasteiger partial charge in [-0.3, -0.25) is 9.59 Å². The summed E-state index contributed by atoms with van der Waals surface area (Å²) in [5.41, 5.74) is 0.583. The van der Waals surface area contributed by atoms with Crippen LogP contribution in [0.4, 0.5) is 0 Å². The van der Waals surface area contributed by atoms with Crippen LogP contribution in [0.2, 0.25) is 10.0 Å². The number of hydrogen-bond donors (Lipinski definition) is 3. The van der Waals surface area contributed by atoms with Crippen LogP contribution in [-0.2, 0) is 16.1 Å². The average Bonchev–Trinajstić information content (AvgIpc) is 3.06. The smallest absolute Gasteiger partial charge is 0.352 e. The van der Waals surface area contributed by atoms with Gasteiger partial charge < -0.3 is 20.3 Å². The number of amides is 2. The molecule has 0 aliphatic rings. The quantitative estimate of drug-likeness (QED) is 0.427. The molecular weight excluding hydrogens is 453 g/mol. The molecule has 168 valence electrons. The minimum Gasteiger partial charge on any atom is -0.477 e. The molecule has 0 aliphatic heterocycles. The summed E-state index contributed by atoms with van der Waals surface area (Å²) in [6.45, 7) is 5.49. The SMILES string of the molecule is CC(C)(C)NC(=O)[C@H](c1c(C(=O)O)[nH]c2cc(Cl)ccc12)N(C=O)Cc1ccc(Cl)cc1. The van der Waals surface area contributed by atoms with Gasteiger partial charge >= 0.3 is 5.97 Å². The number of halogens is 2. The second-order valence-electron chi connectivity index (χ2n) is 8.45. The fourth-order valence-electron chi connectivity index (χ4n) is 3.52. The number of carbonyl (C=O) groups excluding carboxylic acids is 2. The number of rotatable bonds is 7. The summed E-state index contributed by atoms with van der Waals surface area (Å²) in [6, 6.07) is 10.5. The number of H-pyrrole nitrogens is 1. The molecule has 0 unspecified atom stereocenters. The first-order valence-electron chi connectivity index (χ1n) is 9.82. The second-order valence-corrected chi connectivity index (χ2v) is 9.33. The van der Waals surface area contributed by atoms with E-state index in [1.807, 2.05) is 0 Å². The molecule has 1 heterocycles. The summed E-state index contributed by atoms with van der Waals surface area (Å²) in [5.74, 6) is -1.75. The lowest BCUT2D eigenvalue weighted by molar-refractivity contribution is -0.134. The molecule has 3 aromatic rings. The van der Waals surface area contributed by atoms with E-state index in [0.29, 0.717) is 27.4 Å². The number of aromatic carboxylic acids is 1. The second kappa shape index (κ2) is 9.22. The summed E-state index contributed by atoms with van der Waals surface area (Å²) in [7, 11) is 0. The van der Waals surface area contributed by atoms with E-state index < -0.39 is 23.5 Å². The van der Waals surface area contributed by atoms with Crippen LogP contribution in [0.15, 0.2) is 42.5 Å². The van der Waals surface area contributed by atoms with E-state index >= 15 is 0 Å². The van der Waals surface area contributed by atoms with Crippen LogP contribution in [0.5, 0.6) is 0 Å². The first kappa shape index (κ1) is 23.6. The van der Waals surface area contributed by atoms with Gasteiger partial charge in [0.15, 0.2) is 0 Å². The van der Waals surface area contributed by atoms with E-state index in [1.54, 1.807) is 63.2 Å². The molecule has 9 heteroatoms. The number of hydrogen-bond acceptors (Lipinski definition) is 3. The van der Waals surface area contributed by atoms with Gasteiger partial charge in [-0.1, -0.05) is 41.4 Å². The molecule has 3 N–H and O–H groups in total. The molecule has 32 heavy (non-hydrogen) atoms. The van der Waals surface area contributed by atoms with Gasteiger partial charge in [0.25, 0.3) is 0 Å². The highest BCUT2D eigenvalue weighted by molar-refractivity contribution is 6.31. The minimum atomic E-state index is -1.25. The van der Waals surface area contributed by atoms with E-state index in [9.17, 15) is 19.5 Å². The molecule has 0 saturated carbocycles. The van der Waals surface area contributed by atoms with E-state index in [0.717, 1.165) is 5.56 Å². The monoisotopic (exact) mass is 475 g/mol. The molecular formula is C23H23Cl2N3O4. The Balaban J connectivity index is 2.19. The third-order valence-corrected chi connectivity index (χ3v) is 5.27. The predicted octanol–water partition coefficient (Wildman–Crippen LogP) is 4.79. The van der Waals surface area contributed by atoms with Crippen molar-refractivity contribution in [1.82, 2.24) is 15.2 Å². The molecule has 0 radical (unpaired) electrons. The molecule has 0 bridgehead atoms. The Kier molecular flexibility index (Phi) is 6.81. The highest BCUT2D eigenvalue weighted by Gasteiger charge is 2.35. The van der Waals surface area contributed by atoms with Crippen molar-refractivity contribution < 1.29 is 19.5 Å². The number of aromatic amines is 1. The van der Waals surface area contributed by atoms with Crippen LogP contribution < -0.4 is 5.32 Å². The summed E-state index contributed by atoms with van der Waals surface area (Å²) in [6.07, 6.45) is 0.544. The first-order valence-corrected chi connectivity index (χ1v) is 10.6. The number of benzene rings is 2. The topological polar surface area (TPSA) is 102 Å². The van der Waals surface area contributed by atoms with Crippen molar-refractivity contribution in [3.8, 4) is 0 Å².